The molecule has 0 amide bonds. The van der Waals surface area contributed by atoms with Crippen LogP contribution in [0.3, 0.4) is 0 Å². The van der Waals surface area contributed by atoms with E-state index >= 15 is 0 Å². The van der Waals surface area contributed by atoms with Crippen molar-refractivity contribution < 1.29 is 13.9 Å². The maximum Gasteiger partial charge on any atom is 0.166 e. The Morgan fingerprint density at radius 2 is 1.91 bits per heavy atom. The van der Waals surface area contributed by atoms with Gasteiger partial charge in [-0.25, -0.2) is 9.37 Å². The first-order valence-corrected chi connectivity index (χ1v) is 11.6. The Kier molecular flexibility index (Phi) is 5.95. The Morgan fingerprint density at radius 1 is 1.15 bits per heavy atom. The highest BCUT2D eigenvalue weighted by Crippen LogP contribution is 2.40. The van der Waals surface area contributed by atoms with E-state index in [1.54, 1.807) is 25.4 Å². The highest BCUT2D eigenvalue weighted by atomic mass is 35.5. The second-order valence-corrected chi connectivity index (χ2v) is 9.07. The molecule has 0 aliphatic carbocycles. The van der Waals surface area contributed by atoms with E-state index in [2.05, 4.69) is 27.1 Å². The van der Waals surface area contributed by atoms with Crippen LogP contribution < -0.4 is 14.4 Å². The molecule has 0 radical (unpaired) electrons. The number of nitrogens with zero attached hydrogens (tertiary/aromatic N) is 4. The Balaban J connectivity index is 1.52. The van der Waals surface area contributed by atoms with Crippen LogP contribution in [0.2, 0.25) is 10.0 Å². The molecule has 3 aromatic heterocycles. The van der Waals surface area contributed by atoms with Crippen molar-refractivity contribution in [3.8, 4) is 22.8 Å². The minimum absolute atomic E-state index is 0.288. The lowest BCUT2D eigenvalue weighted by molar-refractivity contribution is 0.216. The maximum absolute atomic E-state index is 14.9. The fourth-order valence-corrected chi connectivity index (χ4v) is 4.83. The van der Waals surface area contributed by atoms with Gasteiger partial charge in [-0.3, -0.25) is 10.1 Å². The van der Waals surface area contributed by atoms with Crippen LogP contribution >= 0.6 is 23.2 Å². The van der Waals surface area contributed by atoms with Crippen LogP contribution in [0.1, 0.15) is 31.9 Å². The number of aromatic amines is 1. The number of pyridine rings is 2. The van der Waals surface area contributed by atoms with Crippen molar-refractivity contribution in [1.29, 1.82) is 0 Å². The Hall–Kier alpha value is -3.10. The second-order valence-electron chi connectivity index (χ2n) is 8.26. The van der Waals surface area contributed by atoms with Gasteiger partial charge in [-0.2, -0.15) is 5.10 Å². The van der Waals surface area contributed by atoms with Gasteiger partial charge in [0.1, 0.15) is 11.8 Å². The zero-order valence-electron chi connectivity index (χ0n) is 18.8. The first-order chi connectivity index (χ1) is 16.4. The monoisotopic (exact) mass is 501 g/mol. The number of nitrogens with one attached hydrogen (secondary N) is 1. The van der Waals surface area contributed by atoms with Gasteiger partial charge < -0.3 is 14.4 Å². The Labute approximate surface area is 205 Å². The summed E-state index contributed by atoms with van der Waals surface area (Å²) in [6.45, 7) is 4.70. The van der Waals surface area contributed by atoms with Crippen molar-refractivity contribution in [3.63, 3.8) is 0 Å². The van der Waals surface area contributed by atoms with E-state index in [-0.39, 0.29) is 11.9 Å². The van der Waals surface area contributed by atoms with Crippen LogP contribution in [-0.2, 0) is 0 Å². The summed E-state index contributed by atoms with van der Waals surface area (Å²) in [6, 6.07) is 5.34. The lowest BCUT2D eigenvalue weighted by Gasteiger charge is -2.39. The van der Waals surface area contributed by atoms with E-state index < -0.39 is 6.10 Å². The summed E-state index contributed by atoms with van der Waals surface area (Å²) in [5.74, 6) is 0.963. The van der Waals surface area contributed by atoms with Crippen molar-refractivity contribution in [3.05, 3.63) is 58.2 Å². The third-order valence-electron chi connectivity index (χ3n) is 6.13. The topological polar surface area (TPSA) is 76.2 Å². The largest absolute Gasteiger partial charge is 0.493 e. The fourth-order valence-electron chi connectivity index (χ4n) is 4.16. The number of hydrogen-bond donors (Lipinski definition) is 1. The lowest BCUT2D eigenvalue weighted by Crippen LogP contribution is -2.46. The molecule has 0 unspecified atom stereocenters. The third kappa shape index (κ3) is 3.91. The fraction of sp³-hybridized carbons (Fsp3) is 0.292. The molecule has 2 atom stereocenters. The number of aromatic nitrogens is 4. The highest BCUT2D eigenvalue weighted by Gasteiger charge is 2.28. The van der Waals surface area contributed by atoms with Crippen LogP contribution in [0, 0.1) is 5.82 Å². The average Bonchev–Trinajstić information content (AvgIpc) is 3.21. The molecule has 10 heteroatoms. The molecule has 34 heavy (non-hydrogen) atoms. The standard InChI is InChI=1S/C24H22Cl2FN5O2/c1-12-4-5-32(12)24-18(27)6-14(9-29-24)23-15-7-21(20(33-3)8-19(15)30-31-23)34-13(2)22-16(25)10-28-11-17(22)26/h6-13H,4-5H2,1-3H3,(H,30,31)/t12-,13-/m1/s1. The summed E-state index contributed by atoms with van der Waals surface area (Å²) in [7, 11) is 1.55. The van der Waals surface area contributed by atoms with Crippen LogP contribution in [0.5, 0.6) is 11.5 Å². The molecule has 1 fully saturated rings. The predicted octanol–water partition coefficient (Wildman–Crippen LogP) is 6.21. The van der Waals surface area contributed by atoms with Crippen molar-refractivity contribution >= 4 is 39.9 Å². The van der Waals surface area contributed by atoms with Gasteiger partial charge in [-0.1, -0.05) is 23.2 Å². The van der Waals surface area contributed by atoms with Crippen molar-refractivity contribution in [2.45, 2.75) is 32.4 Å². The molecule has 1 saturated heterocycles. The molecule has 4 heterocycles. The van der Waals surface area contributed by atoms with E-state index in [1.807, 2.05) is 11.8 Å². The van der Waals surface area contributed by atoms with E-state index in [1.165, 1.54) is 18.5 Å². The maximum atomic E-state index is 14.9. The van der Waals surface area contributed by atoms with Gasteiger partial charge in [0.25, 0.3) is 0 Å². The van der Waals surface area contributed by atoms with Crippen LogP contribution in [0.15, 0.2) is 36.8 Å². The molecule has 0 bridgehead atoms. The Morgan fingerprint density at radius 3 is 2.53 bits per heavy atom. The normalized spacial score (nSPS) is 16.4. The lowest BCUT2D eigenvalue weighted by atomic mass is 10.0. The number of fused-ring (bicyclic) bond motifs is 1. The van der Waals surface area contributed by atoms with E-state index in [0.717, 1.165) is 18.4 Å². The quantitative estimate of drug-likeness (QED) is 0.338. The van der Waals surface area contributed by atoms with Gasteiger partial charge in [-0.05, 0) is 32.4 Å². The van der Waals surface area contributed by atoms with Crippen molar-refractivity contribution in [2.75, 3.05) is 18.6 Å². The van der Waals surface area contributed by atoms with Gasteiger partial charge >= 0.3 is 0 Å². The van der Waals surface area contributed by atoms with Gasteiger partial charge in [-0.15, -0.1) is 0 Å². The number of anilines is 1. The smallest absolute Gasteiger partial charge is 0.166 e. The minimum Gasteiger partial charge on any atom is -0.493 e. The molecule has 1 aliphatic heterocycles. The molecule has 4 aromatic rings. The van der Waals surface area contributed by atoms with E-state index in [0.29, 0.717) is 49.7 Å². The number of methoxy groups -OCH3 is 1. The summed E-state index contributed by atoms with van der Waals surface area (Å²) in [5, 5.41) is 8.93. The average molecular weight is 502 g/mol. The minimum atomic E-state index is -0.485. The van der Waals surface area contributed by atoms with Gasteiger partial charge in [0, 0.05) is 53.8 Å². The third-order valence-corrected chi connectivity index (χ3v) is 6.74. The first-order valence-electron chi connectivity index (χ1n) is 10.8. The number of rotatable bonds is 6. The number of ether oxygens (including phenoxy) is 2. The summed E-state index contributed by atoms with van der Waals surface area (Å²) in [5.41, 5.74) is 2.46. The molecule has 0 saturated carbocycles. The molecular formula is C24H22Cl2FN5O2. The van der Waals surface area contributed by atoms with E-state index in [9.17, 15) is 4.39 Å². The molecular weight excluding hydrogens is 480 g/mol. The molecule has 176 valence electrons. The summed E-state index contributed by atoms with van der Waals surface area (Å²) in [6.07, 6.45) is 5.23. The number of benzene rings is 1. The molecule has 7 nitrogen and oxygen atoms in total. The number of halogens is 3. The first kappa shape index (κ1) is 22.7. The zero-order valence-corrected chi connectivity index (χ0v) is 20.3. The van der Waals surface area contributed by atoms with E-state index in [4.69, 9.17) is 32.7 Å². The molecule has 1 N–H and O–H groups in total. The van der Waals surface area contributed by atoms with Crippen LogP contribution in [0.4, 0.5) is 10.2 Å². The molecule has 1 aliphatic rings. The number of hydrogen-bond acceptors (Lipinski definition) is 6. The molecule has 1 aromatic carbocycles. The van der Waals surface area contributed by atoms with Gasteiger partial charge in [0.2, 0.25) is 0 Å². The second kappa shape index (κ2) is 8.92. The van der Waals surface area contributed by atoms with Gasteiger partial charge in [0.05, 0.1) is 22.7 Å². The van der Waals surface area contributed by atoms with Crippen molar-refractivity contribution in [2.24, 2.45) is 0 Å². The summed E-state index contributed by atoms with van der Waals surface area (Å²) < 4.78 is 26.6. The SMILES string of the molecule is COc1cc2[nH]nc(-c3cnc(N4CC[C@H]4C)c(F)c3)c2cc1O[C@H](C)c1c(Cl)cncc1Cl. The highest BCUT2D eigenvalue weighted by molar-refractivity contribution is 6.35. The molecule has 5 rings (SSSR count). The summed E-state index contributed by atoms with van der Waals surface area (Å²) >= 11 is 12.6. The van der Waals surface area contributed by atoms with Gasteiger partial charge in [0.15, 0.2) is 23.1 Å². The van der Waals surface area contributed by atoms with Crippen LogP contribution in [0.25, 0.3) is 22.2 Å². The zero-order chi connectivity index (χ0) is 24.0. The summed E-state index contributed by atoms with van der Waals surface area (Å²) in [4.78, 5) is 10.3. The Bertz CT molecular complexity index is 1360. The van der Waals surface area contributed by atoms with Crippen molar-refractivity contribution in [1.82, 2.24) is 20.2 Å². The predicted molar refractivity (Wildman–Crippen MR) is 131 cm³/mol. The number of H-pyrrole nitrogens is 1. The molecule has 0 spiro atoms. The van der Waals surface area contributed by atoms with Crippen LogP contribution in [-0.4, -0.2) is 39.9 Å².